The molecule has 3 rings (SSSR count). The molecule has 0 bridgehead atoms. The van der Waals surface area contributed by atoms with Crippen LogP contribution in [-0.4, -0.2) is 89.6 Å². The average Bonchev–Trinajstić information content (AvgIpc) is 3.18. The largest absolute Gasteiger partial charge is 0.383 e. The van der Waals surface area contributed by atoms with Crippen LogP contribution in [0.25, 0.3) is 0 Å². The third-order valence-electron chi connectivity index (χ3n) is 5.74. The molecule has 0 aromatic heterocycles. The number of likely N-dealkylation sites (tertiary alicyclic amines) is 1. The lowest BCUT2D eigenvalue weighted by Gasteiger charge is -2.43. The molecule has 1 unspecified atom stereocenters. The Morgan fingerprint density at radius 1 is 1.28 bits per heavy atom. The SMILES string of the molecule is COCCN1C(=O)N(CC(C)C)C(=O)C12CCN(C1CCSC1)CC2. The molecule has 0 aliphatic carbocycles. The predicted octanol–water partition coefficient (Wildman–Crippen LogP) is 1.89. The molecule has 0 radical (unpaired) electrons. The first-order chi connectivity index (χ1) is 12.0. The van der Waals surface area contributed by atoms with Crippen LogP contribution in [0.4, 0.5) is 4.79 Å². The Morgan fingerprint density at radius 3 is 2.56 bits per heavy atom. The van der Waals surface area contributed by atoms with E-state index in [0.29, 0.717) is 25.7 Å². The molecule has 142 valence electrons. The van der Waals surface area contributed by atoms with Crippen molar-refractivity contribution in [3.8, 4) is 0 Å². The third kappa shape index (κ3) is 3.55. The molecule has 3 saturated heterocycles. The summed E-state index contributed by atoms with van der Waals surface area (Å²) in [6.45, 7) is 7.38. The van der Waals surface area contributed by atoms with Crippen LogP contribution < -0.4 is 0 Å². The van der Waals surface area contributed by atoms with Gasteiger partial charge in [-0.1, -0.05) is 13.8 Å². The molecule has 3 aliphatic heterocycles. The van der Waals surface area contributed by atoms with E-state index in [1.54, 1.807) is 7.11 Å². The topological polar surface area (TPSA) is 53.1 Å². The van der Waals surface area contributed by atoms with Crippen LogP contribution >= 0.6 is 11.8 Å². The third-order valence-corrected chi connectivity index (χ3v) is 6.88. The number of ether oxygens (including phenoxy) is 1. The van der Waals surface area contributed by atoms with E-state index in [1.807, 2.05) is 30.5 Å². The highest BCUT2D eigenvalue weighted by Crippen LogP contribution is 2.39. The molecule has 25 heavy (non-hydrogen) atoms. The highest BCUT2D eigenvalue weighted by Gasteiger charge is 2.57. The summed E-state index contributed by atoms with van der Waals surface area (Å²) in [5, 5.41) is 0. The number of thioether (sulfide) groups is 1. The summed E-state index contributed by atoms with van der Waals surface area (Å²) in [4.78, 5) is 32.0. The Hall–Kier alpha value is -0.790. The van der Waals surface area contributed by atoms with E-state index < -0.39 is 5.54 Å². The number of urea groups is 1. The lowest BCUT2D eigenvalue weighted by Crippen LogP contribution is -2.58. The fraction of sp³-hybridized carbons (Fsp3) is 0.889. The summed E-state index contributed by atoms with van der Waals surface area (Å²) in [7, 11) is 1.64. The van der Waals surface area contributed by atoms with E-state index in [9.17, 15) is 9.59 Å². The van der Waals surface area contributed by atoms with Crippen molar-refractivity contribution >= 4 is 23.7 Å². The Balaban J connectivity index is 1.76. The molecule has 1 spiro atoms. The van der Waals surface area contributed by atoms with Crippen LogP contribution in [0.1, 0.15) is 33.1 Å². The number of rotatable bonds is 6. The molecule has 0 saturated carbocycles. The fourth-order valence-corrected chi connectivity index (χ4v) is 5.61. The number of imide groups is 1. The van der Waals surface area contributed by atoms with Gasteiger partial charge >= 0.3 is 6.03 Å². The van der Waals surface area contributed by atoms with Crippen LogP contribution in [0.3, 0.4) is 0 Å². The van der Waals surface area contributed by atoms with Crippen molar-refractivity contribution in [3.63, 3.8) is 0 Å². The normalized spacial score (nSPS) is 27.3. The van der Waals surface area contributed by atoms with Gasteiger partial charge in [0.15, 0.2) is 0 Å². The van der Waals surface area contributed by atoms with Gasteiger partial charge in [0.1, 0.15) is 5.54 Å². The maximum atomic E-state index is 13.2. The van der Waals surface area contributed by atoms with Crippen molar-refractivity contribution in [1.29, 1.82) is 0 Å². The van der Waals surface area contributed by atoms with Crippen LogP contribution in [-0.2, 0) is 9.53 Å². The molecule has 0 N–H and O–H groups in total. The predicted molar refractivity (Wildman–Crippen MR) is 99.8 cm³/mol. The molecular formula is C18H31N3O3S. The Bertz CT molecular complexity index is 500. The van der Waals surface area contributed by atoms with E-state index in [1.165, 1.54) is 22.8 Å². The first-order valence-electron chi connectivity index (χ1n) is 9.44. The van der Waals surface area contributed by atoms with Gasteiger partial charge < -0.3 is 9.64 Å². The molecule has 7 heteroatoms. The van der Waals surface area contributed by atoms with Gasteiger partial charge in [-0.05, 0) is 30.9 Å². The number of nitrogens with zero attached hydrogens (tertiary/aromatic N) is 3. The van der Waals surface area contributed by atoms with E-state index in [-0.39, 0.29) is 17.9 Å². The Kier molecular flexibility index (Phi) is 5.96. The van der Waals surface area contributed by atoms with Gasteiger partial charge in [-0.15, -0.1) is 0 Å². The van der Waals surface area contributed by atoms with E-state index in [0.717, 1.165) is 25.9 Å². The molecule has 0 aromatic rings. The second-order valence-electron chi connectivity index (χ2n) is 7.82. The van der Waals surface area contributed by atoms with Crippen molar-refractivity contribution in [2.45, 2.75) is 44.7 Å². The number of amides is 3. The highest BCUT2D eigenvalue weighted by atomic mass is 32.2. The van der Waals surface area contributed by atoms with Gasteiger partial charge in [-0.25, -0.2) is 4.79 Å². The molecule has 3 heterocycles. The zero-order valence-electron chi connectivity index (χ0n) is 15.7. The van der Waals surface area contributed by atoms with Crippen molar-refractivity contribution in [3.05, 3.63) is 0 Å². The zero-order chi connectivity index (χ0) is 18.0. The minimum Gasteiger partial charge on any atom is -0.383 e. The van der Waals surface area contributed by atoms with Crippen LogP contribution in [0.2, 0.25) is 0 Å². The minimum absolute atomic E-state index is 0.0164. The maximum Gasteiger partial charge on any atom is 0.327 e. The maximum absolute atomic E-state index is 13.2. The minimum atomic E-state index is -0.646. The quantitative estimate of drug-likeness (QED) is 0.669. The highest BCUT2D eigenvalue weighted by molar-refractivity contribution is 7.99. The molecular weight excluding hydrogens is 338 g/mol. The van der Waals surface area contributed by atoms with Crippen molar-refractivity contribution in [2.75, 3.05) is 51.4 Å². The molecule has 3 fully saturated rings. The summed E-state index contributed by atoms with van der Waals surface area (Å²) >= 11 is 2.02. The molecule has 0 aromatic carbocycles. The van der Waals surface area contributed by atoms with Crippen molar-refractivity contribution in [1.82, 2.24) is 14.7 Å². The second-order valence-corrected chi connectivity index (χ2v) is 8.97. The van der Waals surface area contributed by atoms with E-state index in [2.05, 4.69) is 4.90 Å². The second kappa shape index (κ2) is 7.84. The lowest BCUT2D eigenvalue weighted by molar-refractivity contribution is -0.136. The molecule has 3 amide bonds. The smallest absolute Gasteiger partial charge is 0.327 e. The van der Waals surface area contributed by atoms with Crippen molar-refractivity contribution in [2.24, 2.45) is 5.92 Å². The first kappa shape index (κ1) is 19.0. The summed E-state index contributed by atoms with van der Waals surface area (Å²) in [5.74, 6) is 2.74. The number of hydrogen-bond acceptors (Lipinski definition) is 5. The van der Waals surface area contributed by atoms with Crippen LogP contribution in [0.15, 0.2) is 0 Å². The van der Waals surface area contributed by atoms with Gasteiger partial charge in [0.05, 0.1) is 6.61 Å². The monoisotopic (exact) mass is 369 g/mol. The summed E-state index contributed by atoms with van der Waals surface area (Å²) in [6.07, 6.45) is 2.74. The Morgan fingerprint density at radius 2 is 2.00 bits per heavy atom. The first-order valence-corrected chi connectivity index (χ1v) is 10.6. The summed E-state index contributed by atoms with van der Waals surface area (Å²) < 4.78 is 5.20. The van der Waals surface area contributed by atoms with Gasteiger partial charge in [-0.2, -0.15) is 11.8 Å². The van der Waals surface area contributed by atoms with Gasteiger partial charge in [-0.3, -0.25) is 14.6 Å². The Labute approximate surface area is 155 Å². The van der Waals surface area contributed by atoms with Crippen LogP contribution in [0.5, 0.6) is 0 Å². The average molecular weight is 370 g/mol. The van der Waals surface area contributed by atoms with Crippen LogP contribution in [0, 0.1) is 5.92 Å². The van der Waals surface area contributed by atoms with Gasteiger partial charge in [0.2, 0.25) is 0 Å². The number of hydrogen-bond donors (Lipinski definition) is 0. The molecule has 3 aliphatic rings. The van der Waals surface area contributed by atoms with Gasteiger partial charge in [0.25, 0.3) is 5.91 Å². The van der Waals surface area contributed by atoms with Crippen molar-refractivity contribution < 1.29 is 14.3 Å². The lowest BCUT2D eigenvalue weighted by atomic mass is 9.85. The standard InChI is InChI=1S/C18H31N3O3S/c1-14(2)12-20-16(22)18(21(17(20)23)9-10-24-3)5-7-19(8-6-18)15-4-11-25-13-15/h14-15H,4-13H2,1-3H3. The van der Waals surface area contributed by atoms with E-state index in [4.69, 9.17) is 4.74 Å². The zero-order valence-corrected chi connectivity index (χ0v) is 16.5. The molecule has 6 nitrogen and oxygen atoms in total. The summed E-state index contributed by atoms with van der Waals surface area (Å²) in [5.41, 5.74) is -0.646. The number of methoxy groups -OCH3 is 1. The van der Waals surface area contributed by atoms with E-state index >= 15 is 0 Å². The molecule has 1 atom stereocenters. The number of carbonyl (C=O) groups is 2. The number of piperidine rings is 1. The van der Waals surface area contributed by atoms with Gasteiger partial charge in [0, 0.05) is 45.1 Å². The fourth-order valence-electron chi connectivity index (χ4n) is 4.35. The summed E-state index contributed by atoms with van der Waals surface area (Å²) in [6, 6.07) is 0.523. The number of carbonyl (C=O) groups excluding carboxylic acids is 2.